The molecule has 11 nitrogen and oxygen atoms in total. The molecular weight excluding hydrogens is 688 g/mol. The Morgan fingerprint density at radius 3 is 2.63 bits per heavy atom. The number of allylic oxidation sites excluding steroid dienone is 5. The van der Waals surface area contributed by atoms with Gasteiger partial charge in [-0.05, 0) is 74.3 Å². The molecule has 10 atom stereocenters. The fourth-order valence-electron chi connectivity index (χ4n) is 8.74. The molecule has 3 saturated heterocycles. The third-order valence-electron chi connectivity index (χ3n) is 11.3. The quantitative estimate of drug-likeness (QED) is 0.191. The van der Waals surface area contributed by atoms with Gasteiger partial charge in [-0.2, -0.15) is 0 Å². The number of hydrogen-bond donors (Lipinski definition) is 1. The van der Waals surface area contributed by atoms with Gasteiger partial charge in [-0.1, -0.05) is 74.9 Å². The topological polar surface area (TPSA) is 135 Å². The van der Waals surface area contributed by atoms with Crippen molar-refractivity contribution in [3.63, 3.8) is 0 Å². The first-order chi connectivity index (χ1) is 25.7. The van der Waals surface area contributed by atoms with E-state index in [0.29, 0.717) is 41.9 Å². The van der Waals surface area contributed by atoms with E-state index in [1.54, 1.807) is 32.2 Å². The van der Waals surface area contributed by atoms with E-state index in [-0.39, 0.29) is 37.1 Å². The number of fused-ring (bicyclic) bond motifs is 2. The second-order valence-electron chi connectivity index (χ2n) is 16.1. The van der Waals surface area contributed by atoms with Crippen LogP contribution < -0.4 is 0 Å². The number of hydrogen-bond acceptors (Lipinski definition) is 11. The van der Waals surface area contributed by atoms with Crippen LogP contribution in [0.2, 0.25) is 0 Å². The zero-order valence-corrected chi connectivity index (χ0v) is 32.8. The maximum absolute atomic E-state index is 14.6. The first-order valence-electron chi connectivity index (χ1n) is 19.2. The highest BCUT2D eigenvalue weighted by Gasteiger charge is 2.61. The minimum Gasteiger partial charge on any atom is -0.462 e. The number of carbonyl (C=O) groups is 2. The Morgan fingerprint density at radius 2 is 1.91 bits per heavy atom. The molecule has 1 aromatic rings. The van der Waals surface area contributed by atoms with E-state index in [1.807, 2.05) is 12.2 Å². The van der Waals surface area contributed by atoms with Crippen molar-refractivity contribution in [2.75, 3.05) is 13.7 Å². The molecule has 2 bridgehead atoms. The molecule has 0 radical (unpaired) electrons. The lowest BCUT2D eigenvalue weighted by atomic mass is 9.70. The van der Waals surface area contributed by atoms with Gasteiger partial charge in [0.25, 0.3) is 0 Å². The van der Waals surface area contributed by atoms with Crippen molar-refractivity contribution in [3.05, 3.63) is 88.8 Å². The molecule has 0 amide bonds. The maximum Gasteiger partial charge on any atom is 0.338 e. The van der Waals surface area contributed by atoms with Crippen molar-refractivity contribution in [1.82, 2.24) is 4.98 Å². The lowest BCUT2D eigenvalue weighted by molar-refractivity contribution is -0.313. The minimum atomic E-state index is -1.85. The Bertz CT molecular complexity index is 1750. The fourth-order valence-corrected chi connectivity index (χ4v) is 8.74. The van der Waals surface area contributed by atoms with E-state index in [1.165, 1.54) is 18.0 Å². The summed E-state index contributed by atoms with van der Waals surface area (Å²) in [5.74, 6) is -3.01. The number of carbonyl (C=O) groups excluding carboxylic acids is 2. The summed E-state index contributed by atoms with van der Waals surface area (Å²) >= 11 is 0. The van der Waals surface area contributed by atoms with Crippen LogP contribution in [0.3, 0.4) is 0 Å². The van der Waals surface area contributed by atoms with Crippen molar-refractivity contribution in [3.8, 4) is 0 Å². The Balaban J connectivity index is 1.38. The van der Waals surface area contributed by atoms with E-state index in [2.05, 4.69) is 69.9 Å². The van der Waals surface area contributed by atoms with E-state index in [0.717, 1.165) is 17.7 Å². The summed E-state index contributed by atoms with van der Waals surface area (Å²) in [7, 11) is 1.54. The van der Waals surface area contributed by atoms with E-state index in [9.17, 15) is 14.7 Å². The molecule has 6 rings (SSSR count). The van der Waals surface area contributed by atoms with E-state index >= 15 is 0 Å². The second-order valence-corrected chi connectivity index (χ2v) is 16.1. The number of esters is 2. The highest BCUT2D eigenvalue weighted by atomic mass is 16.7. The molecule has 0 unspecified atom stereocenters. The lowest BCUT2D eigenvalue weighted by Crippen LogP contribution is -2.59. The number of aromatic nitrogens is 1. The molecule has 1 aliphatic carbocycles. The van der Waals surface area contributed by atoms with Gasteiger partial charge in [-0.15, -0.1) is 0 Å². The van der Waals surface area contributed by atoms with Gasteiger partial charge in [-0.3, -0.25) is 9.78 Å². The van der Waals surface area contributed by atoms with Crippen molar-refractivity contribution >= 4 is 17.7 Å². The minimum absolute atomic E-state index is 0.0494. The predicted molar refractivity (Wildman–Crippen MR) is 203 cm³/mol. The summed E-state index contributed by atoms with van der Waals surface area (Å²) in [5, 5.41) is 17.2. The van der Waals surface area contributed by atoms with Crippen LogP contribution in [-0.2, 0) is 33.3 Å². The Kier molecular flexibility index (Phi) is 12.1. The number of rotatable bonds is 5. The van der Waals surface area contributed by atoms with E-state index in [4.69, 9.17) is 28.5 Å². The van der Waals surface area contributed by atoms with Gasteiger partial charge < -0.3 is 33.6 Å². The molecule has 1 spiro atoms. The highest BCUT2D eigenvalue weighted by Crippen LogP contribution is 2.48. The number of aliphatic hydroxyl groups is 1. The third kappa shape index (κ3) is 8.34. The van der Waals surface area contributed by atoms with Gasteiger partial charge in [-0.25, -0.2) is 4.79 Å². The van der Waals surface area contributed by atoms with Gasteiger partial charge in [0.2, 0.25) is 0 Å². The zero-order chi connectivity index (χ0) is 38.8. The molecule has 54 heavy (non-hydrogen) atoms. The molecule has 0 saturated carbocycles. The van der Waals surface area contributed by atoms with Gasteiger partial charge in [0.05, 0.1) is 30.1 Å². The van der Waals surface area contributed by atoms with Crippen LogP contribution in [0.4, 0.5) is 0 Å². The molecule has 4 aliphatic heterocycles. The zero-order valence-electron chi connectivity index (χ0n) is 32.8. The van der Waals surface area contributed by atoms with Crippen molar-refractivity contribution < 1.29 is 43.2 Å². The largest absolute Gasteiger partial charge is 0.462 e. The van der Waals surface area contributed by atoms with Crippen LogP contribution in [0.15, 0.2) is 88.4 Å². The highest BCUT2D eigenvalue weighted by molar-refractivity contribution is 5.90. The molecule has 11 heteroatoms. The van der Waals surface area contributed by atoms with Crippen LogP contribution in [0.5, 0.6) is 0 Å². The molecule has 1 N–H and O–H groups in total. The standard InChI is InChI=1S/C43H56N2O9/c1-25(2)18-28(5)37-30(7)36(45-49-8)23-42(54-37)22-34-21-33(53-42)13-12-27(4)19-26(3)10-9-11-32-24-50-39-38(52-40(46)31-14-16-44-17-15-31)29(6)20-35(41(47)51-34)43(32,39)48/h9-12,14-18,20,25-26,30,33-35,37-39,48H,13,19,21-24H2,1-8H3/b10-9+,27-12+,28-18+,32-11+,45-36-/t26-,30-,33+,34-,35-,37+,38+,39+,42-,43+/m0/s1. The smallest absolute Gasteiger partial charge is 0.338 e. The first kappa shape index (κ1) is 39.8. The maximum atomic E-state index is 14.6. The normalized spacial score (nSPS) is 39.4. The first-order valence-corrected chi connectivity index (χ1v) is 19.2. The summed E-state index contributed by atoms with van der Waals surface area (Å²) in [6.45, 7) is 14.5. The number of pyridine rings is 1. The van der Waals surface area contributed by atoms with Gasteiger partial charge in [0.15, 0.2) is 11.9 Å². The summed E-state index contributed by atoms with van der Waals surface area (Å²) in [6.07, 6.45) is 14.1. The van der Waals surface area contributed by atoms with E-state index < -0.39 is 47.6 Å². The average Bonchev–Trinajstić information content (AvgIpc) is 3.45. The Labute approximate surface area is 319 Å². The lowest BCUT2D eigenvalue weighted by Gasteiger charge is -2.50. The molecule has 292 valence electrons. The molecule has 5 heterocycles. The molecule has 5 aliphatic rings. The van der Waals surface area contributed by atoms with Crippen molar-refractivity contribution in [2.24, 2.45) is 28.8 Å². The third-order valence-corrected chi connectivity index (χ3v) is 11.3. The van der Waals surface area contributed by atoms with Crippen LogP contribution >= 0.6 is 0 Å². The monoisotopic (exact) mass is 744 g/mol. The fraction of sp³-hybridized carbons (Fsp3) is 0.581. The molecular formula is C43H56N2O9. The summed E-state index contributed by atoms with van der Waals surface area (Å²) in [6, 6.07) is 3.13. The number of oxime groups is 1. The summed E-state index contributed by atoms with van der Waals surface area (Å²) in [5.41, 5.74) is 2.66. The van der Waals surface area contributed by atoms with Crippen molar-refractivity contribution in [2.45, 2.75) is 122 Å². The van der Waals surface area contributed by atoms with Gasteiger partial charge >= 0.3 is 11.9 Å². The Hall–Kier alpha value is -3.90. The van der Waals surface area contributed by atoms with Crippen LogP contribution in [0, 0.1) is 23.7 Å². The molecule has 0 aromatic carbocycles. The molecule has 1 aromatic heterocycles. The number of ether oxygens (including phenoxy) is 5. The van der Waals surface area contributed by atoms with Crippen molar-refractivity contribution in [1.29, 1.82) is 0 Å². The number of nitrogens with zero attached hydrogens (tertiary/aromatic N) is 2. The summed E-state index contributed by atoms with van der Waals surface area (Å²) < 4.78 is 32.5. The Morgan fingerprint density at radius 1 is 1.15 bits per heavy atom. The van der Waals surface area contributed by atoms with Crippen LogP contribution in [0.25, 0.3) is 0 Å². The second kappa shape index (κ2) is 16.5. The van der Waals surface area contributed by atoms with Crippen LogP contribution in [0.1, 0.15) is 90.9 Å². The van der Waals surface area contributed by atoms with Gasteiger partial charge in [0, 0.05) is 37.6 Å². The van der Waals surface area contributed by atoms with Gasteiger partial charge in [0.1, 0.15) is 30.8 Å². The SMILES string of the molecule is CO/N=C1/C[C@]2(C[C@@H]3C[C@@H](C/C=C(\C)C[C@@H](C)/C=C/C=C4\CO[C@@H]5[C@H](OC(=O)c6ccncc6)C(C)=C[C@@H](C(=O)O3)[C@]45O)O2)O[C@H](/C(C)=C/C(C)C)[C@H]1C. The molecule has 3 fully saturated rings. The average molecular weight is 745 g/mol. The summed E-state index contributed by atoms with van der Waals surface area (Å²) in [4.78, 5) is 37.1. The van der Waals surface area contributed by atoms with Crippen LogP contribution in [-0.4, -0.2) is 83.4 Å². The predicted octanol–water partition coefficient (Wildman–Crippen LogP) is 6.99.